The van der Waals surface area contributed by atoms with Crippen molar-refractivity contribution in [2.24, 2.45) is 7.05 Å². The van der Waals surface area contributed by atoms with Crippen LogP contribution in [-0.4, -0.2) is 44.8 Å². The average molecular weight is 354 g/mol. The van der Waals surface area contributed by atoms with Crippen molar-refractivity contribution in [2.75, 3.05) is 18.0 Å². The standard InChI is InChI=1S/C18H18N4O2S/c1-21-15(5-7-20-21)12-3-2-4-13(9-12)17(24)16-10-19-18(25-16)22-8-6-14(23)11-22/h2-5,7,9-10,14,23H,6,8,11H2,1H3/t14-/m0/s1. The van der Waals surface area contributed by atoms with Gasteiger partial charge in [-0.15, -0.1) is 0 Å². The summed E-state index contributed by atoms with van der Waals surface area (Å²) in [5.41, 5.74) is 2.55. The normalized spacial score (nSPS) is 17.2. The molecule has 7 heteroatoms. The topological polar surface area (TPSA) is 71.2 Å². The van der Waals surface area contributed by atoms with Gasteiger partial charge in [-0.1, -0.05) is 29.5 Å². The lowest BCUT2D eigenvalue weighted by Gasteiger charge is -2.12. The van der Waals surface area contributed by atoms with Gasteiger partial charge in [0.1, 0.15) is 0 Å². The van der Waals surface area contributed by atoms with Gasteiger partial charge in [0.15, 0.2) is 5.13 Å². The molecule has 1 aliphatic rings. The molecule has 128 valence electrons. The first kappa shape index (κ1) is 16.0. The number of hydrogen-bond donors (Lipinski definition) is 1. The van der Waals surface area contributed by atoms with E-state index in [1.165, 1.54) is 11.3 Å². The van der Waals surface area contributed by atoms with Crippen molar-refractivity contribution in [3.05, 3.63) is 53.2 Å². The van der Waals surface area contributed by atoms with E-state index >= 15 is 0 Å². The number of aryl methyl sites for hydroxylation is 1. The molecule has 1 N–H and O–H groups in total. The van der Waals surface area contributed by atoms with Crippen LogP contribution in [0.1, 0.15) is 21.7 Å². The predicted octanol–water partition coefficient (Wildman–Crippen LogP) is 2.35. The molecule has 1 atom stereocenters. The third-order valence-electron chi connectivity index (χ3n) is 4.39. The second kappa shape index (κ2) is 6.42. The van der Waals surface area contributed by atoms with Gasteiger partial charge >= 0.3 is 0 Å². The Kier molecular flexibility index (Phi) is 4.10. The fraction of sp³-hybridized carbons (Fsp3) is 0.278. The minimum atomic E-state index is -0.307. The Morgan fingerprint density at radius 2 is 2.24 bits per heavy atom. The fourth-order valence-electron chi connectivity index (χ4n) is 3.05. The lowest BCUT2D eigenvalue weighted by atomic mass is 10.0. The summed E-state index contributed by atoms with van der Waals surface area (Å²) >= 11 is 1.38. The summed E-state index contributed by atoms with van der Waals surface area (Å²) in [5, 5.41) is 14.6. The van der Waals surface area contributed by atoms with Crippen molar-refractivity contribution in [1.29, 1.82) is 0 Å². The molecule has 0 unspecified atom stereocenters. The quantitative estimate of drug-likeness (QED) is 0.728. The summed E-state index contributed by atoms with van der Waals surface area (Å²) in [4.78, 5) is 19.8. The molecule has 0 aliphatic carbocycles. The Hall–Kier alpha value is -2.51. The summed E-state index contributed by atoms with van der Waals surface area (Å²) in [6.45, 7) is 1.36. The van der Waals surface area contributed by atoms with E-state index in [2.05, 4.69) is 10.1 Å². The van der Waals surface area contributed by atoms with Gasteiger partial charge in [-0.05, 0) is 18.6 Å². The molecule has 1 saturated heterocycles. The molecule has 4 rings (SSSR count). The molecule has 0 amide bonds. The number of β-amino-alcohol motifs (C(OH)–C–C–N with tert-alkyl or cyclic N) is 1. The highest BCUT2D eigenvalue weighted by atomic mass is 32.1. The number of hydrogen-bond acceptors (Lipinski definition) is 6. The third-order valence-corrected chi connectivity index (χ3v) is 5.45. The number of ketones is 1. The number of aromatic nitrogens is 3. The van der Waals surface area contributed by atoms with E-state index in [9.17, 15) is 9.90 Å². The van der Waals surface area contributed by atoms with E-state index in [1.807, 2.05) is 42.3 Å². The summed E-state index contributed by atoms with van der Waals surface area (Å²) in [6, 6.07) is 9.48. The molecule has 3 heterocycles. The first-order valence-electron chi connectivity index (χ1n) is 8.14. The highest BCUT2D eigenvalue weighted by Crippen LogP contribution is 2.28. The summed E-state index contributed by atoms with van der Waals surface area (Å²) in [7, 11) is 1.88. The van der Waals surface area contributed by atoms with Crippen LogP contribution in [0, 0.1) is 0 Å². The van der Waals surface area contributed by atoms with Crippen LogP contribution >= 0.6 is 11.3 Å². The molecule has 1 fully saturated rings. The van der Waals surface area contributed by atoms with Gasteiger partial charge in [0.25, 0.3) is 0 Å². The van der Waals surface area contributed by atoms with E-state index < -0.39 is 0 Å². The van der Waals surface area contributed by atoms with Crippen LogP contribution in [0.25, 0.3) is 11.3 Å². The molecule has 2 aromatic heterocycles. The van der Waals surface area contributed by atoms with Gasteiger partial charge in [0.05, 0.1) is 22.9 Å². The summed E-state index contributed by atoms with van der Waals surface area (Å²) in [5.74, 6) is -0.0347. The zero-order valence-corrected chi connectivity index (χ0v) is 14.6. The molecular formula is C18H18N4O2S. The Balaban J connectivity index is 1.59. The van der Waals surface area contributed by atoms with Crippen molar-refractivity contribution in [1.82, 2.24) is 14.8 Å². The average Bonchev–Trinajstić information content (AvgIpc) is 3.34. The largest absolute Gasteiger partial charge is 0.391 e. The maximum absolute atomic E-state index is 12.8. The first-order valence-corrected chi connectivity index (χ1v) is 8.95. The number of rotatable bonds is 4. The Morgan fingerprint density at radius 1 is 1.36 bits per heavy atom. The van der Waals surface area contributed by atoms with E-state index in [0.717, 1.165) is 29.4 Å². The fourth-order valence-corrected chi connectivity index (χ4v) is 3.96. The van der Waals surface area contributed by atoms with Crippen LogP contribution in [0.3, 0.4) is 0 Å². The Morgan fingerprint density at radius 3 is 2.96 bits per heavy atom. The molecule has 1 aromatic carbocycles. The van der Waals surface area contributed by atoms with E-state index in [-0.39, 0.29) is 11.9 Å². The maximum Gasteiger partial charge on any atom is 0.204 e. The van der Waals surface area contributed by atoms with Crippen LogP contribution in [0.15, 0.2) is 42.7 Å². The Labute approximate surface area is 149 Å². The summed E-state index contributed by atoms with van der Waals surface area (Å²) in [6.07, 6.45) is 3.81. The van der Waals surface area contributed by atoms with Crippen molar-refractivity contribution in [2.45, 2.75) is 12.5 Å². The number of carbonyl (C=O) groups excluding carboxylic acids is 1. The summed E-state index contributed by atoms with van der Waals surface area (Å²) < 4.78 is 1.78. The number of benzene rings is 1. The minimum absolute atomic E-state index is 0.0347. The molecule has 1 aliphatic heterocycles. The lowest BCUT2D eigenvalue weighted by Crippen LogP contribution is -2.20. The van der Waals surface area contributed by atoms with Gasteiger partial charge in [-0.25, -0.2) is 4.98 Å². The minimum Gasteiger partial charge on any atom is -0.391 e. The molecule has 0 spiro atoms. The molecule has 0 bridgehead atoms. The predicted molar refractivity (Wildman–Crippen MR) is 97.0 cm³/mol. The van der Waals surface area contributed by atoms with Gasteiger partial charge in [-0.3, -0.25) is 9.48 Å². The number of thiazole rings is 1. The monoisotopic (exact) mass is 354 g/mol. The van der Waals surface area contributed by atoms with Crippen LogP contribution < -0.4 is 4.90 Å². The van der Waals surface area contributed by atoms with Crippen LogP contribution in [0.2, 0.25) is 0 Å². The van der Waals surface area contributed by atoms with E-state index in [1.54, 1.807) is 17.1 Å². The van der Waals surface area contributed by atoms with Gasteiger partial charge in [-0.2, -0.15) is 5.10 Å². The molecule has 0 radical (unpaired) electrons. The second-order valence-electron chi connectivity index (χ2n) is 6.15. The number of aliphatic hydroxyl groups is 1. The second-order valence-corrected chi connectivity index (χ2v) is 7.15. The third kappa shape index (κ3) is 3.08. The highest BCUT2D eigenvalue weighted by molar-refractivity contribution is 7.17. The van der Waals surface area contributed by atoms with Crippen LogP contribution in [-0.2, 0) is 7.05 Å². The number of carbonyl (C=O) groups is 1. The zero-order valence-electron chi connectivity index (χ0n) is 13.8. The zero-order chi connectivity index (χ0) is 17.4. The smallest absolute Gasteiger partial charge is 0.204 e. The SMILES string of the molecule is Cn1nccc1-c1cccc(C(=O)c2cnc(N3CC[C@H](O)C3)s2)c1. The maximum atomic E-state index is 12.8. The lowest BCUT2D eigenvalue weighted by molar-refractivity contribution is 0.104. The first-order chi connectivity index (χ1) is 12.1. The van der Waals surface area contributed by atoms with Crippen molar-refractivity contribution in [3.63, 3.8) is 0 Å². The van der Waals surface area contributed by atoms with Gasteiger partial charge < -0.3 is 10.0 Å². The van der Waals surface area contributed by atoms with Crippen molar-refractivity contribution in [3.8, 4) is 11.3 Å². The van der Waals surface area contributed by atoms with E-state index in [4.69, 9.17) is 0 Å². The van der Waals surface area contributed by atoms with Gasteiger partial charge in [0, 0.05) is 37.5 Å². The Bertz CT molecular complexity index is 917. The van der Waals surface area contributed by atoms with Crippen molar-refractivity contribution >= 4 is 22.3 Å². The molecule has 0 saturated carbocycles. The number of nitrogens with zero attached hydrogens (tertiary/aromatic N) is 4. The van der Waals surface area contributed by atoms with Gasteiger partial charge in [0.2, 0.25) is 5.78 Å². The molecule has 6 nitrogen and oxygen atoms in total. The van der Waals surface area contributed by atoms with Crippen LogP contribution in [0.5, 0.6) is 0 Å². The number of aliphatic hydroxyl groups excluding tert-OH is 1. The number of anilines is 1. The molecule has 25 heavy (non-hydrogen) atoms. The van der Waals surface area contributed by atoms with Crippen LogP contribution in [0.4, 0.5) is 5.13 Å². The van der Waals surface area contributed by atoms with Crippen molar-refractivity contribution < 1.29 is 9.90 Å². The highest BCUT2D eigenvalue weighted by Gasteiger charge is 2.24. The molecule has 3 aromatic rings. The molecular weight excluding hydrogens is 336 g/mol. The van der Waals surface area contributed by atoms with E-state index in [0.29, 0.717) is 17.0 Å².